The molecular weight excluding hydrogens is 234 g/mol. The van der Waals surface area contributed by atoms with E-state index in [-0.39, 0.29) is 0 Å². The van der Waals surface area contributed by atoms with Crippen molar-refractivity contribution in [1.82, 2.24) is 0 Å². The number of aliphatic hydroxyl groups is 1. The van der Waals surface area contributed by atoms with E-state index in [1.165, 1.54) is 7.11 Å². The molecule has 4 heteroatoms. The van der Waals surface area contributed by atoms with Gasteiger partial charge in [0, 0.05) is 22.8 Å². The lowest BCUT2D eigenvalue weighted by molar-refractivity contribution is -0.0773. The van der Waals surface area contributed by atoms with Crippen LogP contribution in [0.25, 0.3) is 0 Å². The third-order valence-electron chi connectivity index (χ3n) is 1.94. The van der Waals surface area contributed by atoms with E-state index in [1.807, 2.05) is 6.92 Å². The van der Waals surface area contributed by atoms with E-state index in [2.05, 4.69) is 15.9 Å². The summed E-state index contributed by atoms with van der Waals surface area (Å²) in [6.07, 6.45) is -0.917. The second-order valence-corrected chi connectivity index (χ2v) is 3.71. The van der Waals surface area contributed by atoms with Gasteiger partial charge in [-0.15, -0.1) is 0 Å². The topological polar surface area (TPSA) is 55.5 Å². The number of hydrogen-bond acceptors (Lipinski definition) is 3. The molecule has 0 aromatic heterocycles. The molecule has 13 heavy (non-hydrogen) atoms. The minimum Gasteiger partial charge on any atom is -0.398 e. The molecule has 1 aromatic rings. The quantitative estimate of drug-likeness (QED) is 0.619. The highest BCUT2D eigenvalue weighted by Crippen LogP contribution is 2.27. The lowest BCUT2D eigenvalue weighted by Gasteiger charge is -2.13. The summed E-state index contributed by atoms with van der Waals surface area (Å²) in [5.74, 6) is 0. The second kappa shape index (κ2) is 4.09. The maximum Gasteiger partial charge on any atom is 0.181 e. The Labute approximate surface area is 85.6 Å². The molecule has 0 saturated heterocycles. The average Bonchev–Trinajstić information content (AvgIpc) is 2.10. The third kappa shape index (κ3) is 2.21. The molecule has 0 spiro atoms. The smallest absolute Gasteiger partial charge is 0.181 e. The number of methoxy groups -OCH3 is 1. The van der Waals surface area contributed by atoms with Crippen molar-refractivity contribution in [1.29, 1.82) is 0 Å². The van der Waals surface area contributed by atoms with Gasteiger partial charge in [0.2, 0.25) is 0 Å². The Kier molecular flexibility index (Phi) is 3.30. The Morgan fingerprint density at radius 1 is 1.54 bits per heavy atom. The van der Waals surface area contributed by atoms with Gasteiger partial charge in [-0.1, -0.05) is 15.9 Å². The van der Waals surface area contributed by atoms with E-state index in [9.17, 15) is 5.11 Å². The lowest BCUT2D eigenvalue weighted by Crippen LogP contribution is -2.04. The number of halogens is 1. The summed E-state index contributed by atoms with van der Waals surface area (Å²) in [4.78, 5) is 0. The number of benzene rings is 1. The predicted octanol–water partition coefficient (Wildman–Crippen LogP) is 1.98. The van der Waals surface area contributed by atoms with Crippen LogP contribution >= 0.6 is 15.9 Å². The van der Waals surface area contributed by atoms with Crippen LogP contribution in [0, 0.1) is 6.92 Å². The van der Waals surface area contributed by atoms with Crippen molar-refractivity contribution in [2.24, 2.45) is 0 Å². The third-order valence-corrected chi connectivity index (χ3v) is 2.40. The number of anilines is 1. The first-order valence-corrected chi connectivity index (χ1v) is 4.62. The summed E-state index contributed by atoms with van der Waals surface area (Å²) >= 11 is 3.30. The van der Waals surface area contributed by atoms with Crippen molar-refractivity contribution in [2.45, 2.75) is 13.2 Å². The molecule has 1 aromatic carbocycles. The largest absolute Gasteiger partial charge is 0.398 e. The van der Waals surface area contributed by atoms with Gasteiger partial charge in [-0.2, -0.15) is 0 Å². The van der Waals surface area contributed by atoms with E-state index in [1.54, 1.807) is 12.1 Å². The summed E-state index contributed by atoms with van der Waals surface area (Å²) in [6, 6.07) is 3.58. The molecule has 1 unspecified atom stereocenters. The molecule has 0 radical (unpaired) electrons. The minimum absolute atomic E-state index is 0.639. The molecule has 1 atom stereocenters. The minimum atomic E-state index is -0.917. The molecule has 0 aliphatic heterocycles. The van der Waals surface area contributed by atoms with Crippen LogP contribution in [0.1, 0.15) is 17.4 Å². The normalized spacial score (nSPS) is 12.9. The van der Waals surface area contributed by atoms with E-state index < -0.39 is 6.29 Å². The highest BCUT2D eigenvalue weighted by atomic mass is 79.9. The van der Waals surface area contributed by atoms with E-state index in [0.717, 1.165) is 10.0 Å². The van der Waals surface area contributed by atoms with Crippen LogP contribution in [0.3, 0.4) is 0 Å². The number of ether oxygens (including phenoxy) is 1. The zero-order chi connectivity index (χ0) is 10.0. The number of nitrogen functional groups attached to an aromatic ring is 1. The van der Waals surface area contributed by atoms with Gasteiger partial charge >= 0.3 is 0 Å². The van der Waals surface area contributed by atoms with Crippen molar-refractivity contribution < 1.29 is 9.84 Å². The molecule has 0 amide bonds. The first kappa shape index (κ1) is 10.5. The Morgan fingerprint density at radius 2 is 2.15 bits per heavy atom. The highest BCUT2D eigenvalue weighted by Gasteiger charge is 2.11. The maximum absolute atomic E-state index is 9.46. The highest BCUT2D eigenvalue weighted by molar-refractivity contribution is 9.10. The fourth-order valence-corrected chi connectivity index (χ4v) is 1.60. The zero-order valence-electron chi connectivity index (χ0n) is 7.54. The molecule has 72 valence electrons. The van der Waals surface area contributed by atoms with Crippen molar-refractivity contribution in [3.05, 3.63) is 27.7 Å². The van der Waals surface area contributed by atoms with E-state index in [4.69, 9.17) is 10.5 Å². The van der Waals surface area contributed by atoms with Crippen molar-refractivity contribution >= 4 is 21.6 Å². The molecule has 0 aliphatic carbocycles. The molecule has 3 N–H and O–H groups in total. The first-order valence-electron chi connectivity index (χ1n) is 3.82. The fourth-order valence-electron chi connectivity index (χ4n) is 1.11. The SMILES string of the molecule is COC(O)c1cc(Br)cc(N)c1C. The summed E-state index contributed by atoms with van der Waals surface area (Å²) in [6.45, 7) is 1.85. The molecule has 0 aliphatic rings. The average molecular weight is 246 g/mol. The van der Waals surface area contributed by atoms with Gasteiger partial charge in [-0.05, 0) is 24.6 Å². The van der Waals surface area contributed by atoms with Gasteiger partial charge in [-0.25, -0.2) is 0 Å². The maximum atomic E-state index is 9.46. The van der Waals surface area contributed by atoms with Crippen LogP contribution in [-0.4, -0.2) is 12.2 Å². The van der Waals surface area contributed by atoms with Gasteiger partial charge in [0.25, 0.3) is 0 Å². The molecule has 0 saturated carbocycles. The molecule has 3 nitrogen and oxygen atoms in total. The molecule has 1 rings (SSSR count). The standard InChI is InChI=1S/C9H12BrNO2/c1-5-7(9(12)13-2)3-6(10)4-8(5)11/h3-4,9,12H,11H2,1-2H3. The number of aliphatic hydroxyl groups excluding tert-OH is 1. The Hall–Kier alpha value is -0.580. The van der Waals surface area contributed by atoms with Gasteiger partial charge in [-0.3, -0.25) is 0 Å². The van der Waals surface area contributed by atoms with Gasteiger partial charge in [0.15, 0.2) is 6.29 Å². The molecular formula is C9H12BrNO2. The van der Waals surface area contributed by atoms with Crippen LogP contribution < -0.4 is 5.73 Å². The van der Waals surface area contributed by atoms with Crippen molar-refractivity contribution in [2.75, 3.05) is 12.8 Å². The van der Waals surface area contributed by atoms with Crippen LogP contribution in [0.4, 0.5) is 5.69 Å². The Bertz CT molecular complexity index is 315. The zero-order valence-corrected chi connectivity index (χ0v) is 9.13. The Morgan fingerprint density at radius 3 is 2.69 bits per heavy atom. The monoisotopic (exact) mass is 245 g/mol. The molecule has 0 heterocycles. The predicted molar refractivity (Wildman–Crippen MR) is 55.3 cm³/mol. The van der Waals surface area contributed by atoms with Crippen molar-refractivity contribution in [3.63, 3.8) is 0 Å². The summed E-state index contributed by atoms with van der Waals surface area (Å²) < 4.78 is 5.64. The fraction of sp³-hybridized carbons (Fsp3) is 0.333. The van der Waals surface area contributed by atoms with E-state index >= 15 is 0 Å². The Balaban J connectivity index is 3.20. The lowest BCUT2D eigenvalue weighted by atomic mass is 10.1. The van der Waals surface area contributed by atoms with Crippen LogP contribution in [0.15, 0.2) is 16.6 Å². The van der Waals surface area contributed by atoms with Crippen molar-refractivity contribution in [3.8, 4) is 0 Å². The number of nitrogens with two attached hydrogens (primary N) is 1. The van der Waals surface area contributed by atoms with Crippen LogP contribution in [0.5, 0.6) is 0 Å². The summed E-state index contributed by atoms with van der Waals surface area (Å²) in [5, 5.41) is 9.46. The number of hydrogen-bond donors (Lipinski definition) is 2. The van der Waals surface area contributed by atoms with Gasteiger partial charge in [0.1, 0.15) is 0 Å². The molecule has 0 bridgehead atoms. The van der Waals surface area contributed by atoms with E-state index in [0.29, 0.717) is 11.3 Å². The summed E-state index contributed by atoms with van der Waals surface area (Å²) in [7, 11) is 1.45. The van der Waals surface area contributed by atoms with Gasteiger partial charge < -0.3 is 15.6 Å². The second-order valence-electron chi connectivity index (χ2n) is 2.80. The van der Waals surface area contributed by atoms with Crippen LogP contribution in [-0.2, 0) is 4.74 Å². The van der Waals surface area contributed by atoms with Gasteiger partial charge in [0.05, 0.1) is 0 Å². The molecule has 0 fully saturated rings. The first-order chi connectivity index (χ1) is 6.06. The van der Waals surface area contributed by atoms with Crippen LogP contribution in [0.2, 0.25) is 0 Å². The summed E-state index contributed by atoms with van der Waals surface area (Å²) in [5.41, 5.74) is 7.89. The number of rotatable bonds is 2.